The number of rotatable bonds is 12. The Morgan fingerprint density at radius 3 is 2.49 bits per heavy atom. The van der Waals surface area contributed by atoms with Crippen LogP contribution in [0.4, 0.5) is 5.69 Å². The molecule has 4 aromatic rings. The van der Waals surface area contributed by atoms with Crippen LogP contribution >= 0.6 is 11.3 Å². The summed E-state index contributed by atoms with van der Waals surface area (Å²) < 4.78 is 38.8. The Labute approximate surface area is 456 Å². The van der Waals surface area contributed by atoms with E-state index in [0.717, 1.165) is 100 Å². The van der Waals surface area contributed by atoms with Gasteiger partial charge in [-0.1, -0.05) is 19.9 Å². The number of nitrogens with one attached hydrogen (secondary N) is 2. The van der Waals surface area contributed by atoms with Crippen LogP contribution in [0.25, 0.3) is 33.4 Å². The van der Waals surface area contributed by atoms with Crippen LogP contribution in [0.15, 0.2) is 35.8 Å². The molecule has 2 N–H and O–H groups in total. The van der Waals surface area contributed by atoms with Gasteiger partial charge in [0, 0.05) is 124 Å². The van der Waals surface area contributed by atoms with Gasteiger partial charge in [-0.05, 0) is 82.7 Å². The monoisotopic (exact) mass is 1080 g/mol. The topological polar surface area (TPSA) is 178 Å². The molecule has 8 aliphatic rings. The van der Waals surface area contributed by atoms with Crippen molar-refractivity contribution < 1.29 is 42.8 Å². The molecule has 1 aromatic carbocycles. The minimum atomic E-state index is -1.04. The number of amides is 2. The largest absolute Gasteiger partial charge is 0.464 e. The lowest BCUT2D eigenvalue weighted by Crippen LogP contribution is -2.70. The van der Waals surface area contributed by atoms with Crippen molar-refractivity contribution in [3.8, 4) is 22.5 Å². The van der Waals surface area contributed by atoms with Crippen molar-refractivity contribution in [2.75, 3.05) is 124 Å². The quantitative estimate of drug-likeness (QED) is 0.185. The van der Waals surface area contributed by atoms with E-state index in [1.807, 2.05) is 18.1 Å². The van der Waals surface area contributed by atoms with Crippen molar-refractivity contribution in [1.82, 2.24) is 45.0 Å². The highest BCUT2D eigenvalue weighted by Crippen LogP contribution is 2.47. The number of morpholine rings is 1. The minimum Gasteiger partial charge on any atom is -0.464 e. The van der Waals surface area contributed by atoms with Crippen LogP contribution in [0.2, 0.25) is 0 Å². The van der Waals surface area contributed by atoms with Gasteiger partial charge >= 0.3 is 5.97 Å². The molecule has 1 aliphatic carbocycles. The molecule has 77 heavy (non-hydrogen) atoms. The average molecular weight is 1080 g/mol. The number of hydrogen-bond acceptors (Lipinski definition) is 17. The summed E-state index contributed by atoms with van der Waals surface area (Å²) in [6, 6.07) is 6.70. The third kappa shape index (κ3) is 10.9. The number of hydrazine groups is 1. The predicted molar refractivity (Wildman–Crippen MR) is 291 cm³/mol. The third-order valence-electron chi connectivity index (χ3n) is 17.6. The van der Waals surface area contributed by atoms with Crippen LogP contribution in [0, 0.1) is 10.8 Å². The van der Waals surface area contributed by atoms with Gasteiger partial charge in [-0.25, -0.2) is 10.4 Å². The summed E-state index contributed by atoms with van der Waals surface area (Å²) >= 11 is 1.51. The lowest BCUT2D eigenvalue weighted by molar-refractivity contribution is -0.202. The maximum atomic E-state index is 15.3. The zero-order chi connectivity index (χ0) is 53.0. The van der Waals surface area contributed by atoms with Crippen LogP contribution < -0.4 is 15.6 Å². The number of likely N-dealkylation sites (N-methyl/N-ethyl adjacent to an activating group) is 1. The fourth-order valence-electron chi connectivity index (χ4n) is 12.8. The Balaban J connectivity index is 0.999. The summed E-state index contributed by atoms with van der Waals surface area (Å²) in [5, 5.41) is 8.66. The van der Waals surface area contributed by atoms with Crippen molar-refractivity contribution in [2.24, 2.45) is 10.8 Å². The van der Waals surface area contributed by atoms with Gasteiger partial charge in [0.2, 0.25) is 5.91 Å². The number of methoxy groups -OCH3 is 1. The van der Waals surface area contributed by atoms with Crippen LogP contribution in [0.5, 0.6) is 0 Å². The van der Waals surface area contributed by atoms with Gasteiger partial charge in [0.15, 0.2) is 0 Å². The first-order chi connectivity index (χ1) is 37.3. The van der Waals surface area contributed by atoms with Gasteiger partial charge in [-0.3, -0.25) is 39.1 Å². The second-order valence-corrected chi connectivity index (χ2v) is 24.8. The van der Waals surface area contributed by atoms with Crippen molar-refractivity contribution in [2.45, 2.75) is 115 Å². The standard InChI is InChI=1S/C57H78N10O9S/c1-36(71-5)48-42(26-39(28-58-48)64-17-15-63(16-18-64)38-9-10-38)50-43-27-56(2,3)33-76-55(70)44-7-6-14-67(61-44)54(69)49(60-52(68)47-29-73-23-19-62(47)4)51(65-31-57(32-65)34-74-35-57)53-59-45(30-77-53)37-8-11-46(41(43)25-37)66(50)20-24-75-40-12-21-72-22-13-40/h8,11,25-26,28,30,36,38,40,44,47,49,51,61H,6-7,9-10,12-24,27,29,31-35H2,1-5H3,(H,60,68)/t36-,44-,47+,49-,51-/m0/s1. The first kappa shape index (κ1) is 53.1. The number of fused-ring (bicyclic) bond motifs is 6. The molecule has 1 spiro atoms. The summed E-state index contributed by atoms with van der Waals surface area (Å²) in [5.74, 6) is -1.03. The highest BCUT2D eigenvalue weighted by Gasteiger charge is 2.55. The zero-order valence-electron chi connectivity index (χ0n) is 45.6. The Bertz CT molecular complexity index is 2790. The number of anilines is 1. The Kier molecular flexibility index (Phi) is 15.3. The van der Waals surface area contributed by atoms with Crippen LogP contribution in [0.3, 0.4) is 0 Å². The van der Waals surface area contributed by atoms with Crippen molar-refractivity contribution >= 4 is 45.7 Å². The van der Waals surface area contributed by atoms with E-state index >= 15 is 4.79 Å². The van der Waals surface area contributed by atoms with Crippen molar-refractivity contribution in [3.05, 3.63) is 52.1 Å². The number of esters is 1. The number of aromatic nitrogens is 3. The number of pyridine rings is 1. The second-order valence-electron chi connectivity index (χ2n) is 23.9. The summed E-state index contributed by atoms with van der Waals surface area (Å²) in [6.45, 7) is 17.3. The Morgan fingerprint density at radius 2 is 1.75 bits per heavy atom. The number of piperazine rings is 1. The smallest absolute Gasteiger partial charge is 0.324 e. The van der Waals surface area contributed by atoms with Crippen molar-refractivity contribution in [1.29, 1.82) is 0 Å². The zero-order valence-corrected chi connectivity index (χ0v) is 46.5. The van der Waals surface area contributed by atoms with Crippen LogP contribution in [-0.2, 0) is 55.8 Å². The van der Waals surface area contributed by atoms with Gasteiger partial charge in [-0.15, -0.1) is 11.3 Å². The Hall–Kier alpha value is -4.61. The number of ether oxygens (including phenoxy) is 6. The average Bonchev–Trinajstić information content (AvgIpc) is 4.29. The molecule has 1 saturated carbocycles. The molecule has 2 amide bonds. The molecule has 5 atom stereocenters. The summed E-state index contributed by atoms with van der Waals surface area (Å²) in [7, 11) is 3.65. The molecule has 6 saturated heterocycles. The molecule has 416 valence electrons. The highest BCUT2D eigenvalue weighted by atomic mass is 32.1. The third-order valence-corrected chi connectivity index (χ3v) is 18.5. The number of benzene rings is 1. The normalized spacial score (nSPS) is 27.2. The number of likely N-dealkylation sites (tertiary alicyclic amines) is 1. The number of nitrogens with zero attached hydrogens (tertiary/aromatic N) is 8. The maximum absolute atomic E-state index is 15.3. The van der Waals surface area contributed by atoms with Crippen LogP contribution in [0.1, 0.15) is 87.7 Å². The van der Waals surface area contributed by atoms with Gasteiger partial charge in [0.05, 0.1) is 86.9 Å². The first-order valence-corrected chi connectivity index (χ1v) is 29.2. The number of carbonyl (C=O) groups excluding carboxylic acids is 3. The van der Waals surface area contributed by atoms with Crippen LogP contribution in [-0.4, -0.2) is 202 Å². The second kappa shape index (κ2) is 22.1. The van der Waals surface area contributed by atoms with Gasteiger partial charge in [0.25, 0.3) is 5.91 Å². The number of carbonyl (C=O) groups is 3. The molecule has 7 fully saturated rings. The van der Waals surface area contributed by atoms with E-state index in [0.29, 0.717) is 91.6 Å². The molecular weight excluding hydrogens is 1000 g/mol. The molecule has 7 aliphatic heterocycles. The fourth-order valence-corrected chi connectivity index (χ4v) is 13.8. The van der Waals surface area contributed by atoms with Gasteiger partial charge in [-0.2, -0.15) is 0 Å². The Morgan fingerprint density at radius 1 is 0.948 bits per heavy atom. The van der Waals surface area contributed by atoms with E-state index in [1.54, 1.807) is 7.11 Å². The molecule has 0 unspecified atom stereocenters. The molecule has 12 rings (SSSR count). The molecule has 20 heteroatoms. The fraction of sp³-hybridized carbons (Fsp3) is 0.667. The SMILES string of the molecule is CO[C@@H](C)c1ncc(N2CCN(C3CC3)CC2)cc1-c1c2c3cc(ccc3n1CCOC1CCOCC1)-c1csc(n1)[C@@H](N1CC3(COC3)C1)[C@H](NC(=O)[C@H]1COCCN1C)C(=O)N1CCC[C@H](N1)C(=O)OCC(C)(C)C2. The number of thiazole rings is 1. The van der Waals surface area contributed by atoms with E-state index < -0.39 is 35.6 Å². The maximum Gasteiger partial charge on any atom is 0.324 e. The lowest BCUT2D eigenvalue weighted by Gasteiger charge is -2.58. The van der Waals surface area contributed by atoms with Gasteiger partial charge < -0.3 is 43.2 Å². The first-order valence-electron chi connectivity index (χ1n) is 28.3. The van der Waals surface area contributed by atoms with E-state index in [1.165, 1.54) is 29.2 Å². The molecule has 3 aromatic heterocycles. The van der Waals surface area contributed by atoms with Crippen molar-refractivity contribution in [3.63, 3.8) is 0 Å². The molecular formula is C57H78N10O9S. The number of hydrogen-bond donors (Lipinski definition) is 2. The predicted octanol–water partition coefficient (Wildman–Crippen LogP) is 4.82. The molecule has 0 radical (unpaired) electrons. The summed E-state index contributed by atoms with van der Waals surface area (Å²) in [5.41, 5.74) is 10.6. The molecule has 19 nitrogen and oxygen atoms in total. The minimum absolute atomic E-state index is 0.00369. The summed E-state index contributed by atoms with van der Waals surface area (Å²) in [6.07, 6.45) is 7.78. The van der Waals surface area contributed by atoms with E-state index in [4.69, 9.17) is 38.4 Å². The van der Waals surface area contributed by atoms with E-state index in [-0.39, 0.29) is 42.7 Å². The van der Waals surface area contributed by atoms with Gasteiger partial charge in [0.1, 0.15) is 23.1 Å². The molecule has 6 bridgehead atoms. The number of cyclic esters (lactones) is 1. The lowest BCUT2D eigenvalue weighted by atomic mass is 9.76. The van der Waals surface area contributed by atoms with E-state index in [2.05, 4.69) is 80.4 Å². The van der Waals surface area contributed by atoms with E-state index in [9.17, 15) is 9.59 Å². The summed E-state index contributed by atoms with van der Waals surface area (Å²) in [4.78, 5) is 64.3. The highest BCUT2D eigenvalue weighted by molar-refractivity contribution is 7.10. The molecule has 10 heterocycles.